The summed E-state index contributed by atoms with van der Waals surface area (Å²) >= 11 is 0. The fourth-order valence-electron chi connectivity index (χ4n) is 2.55. The minimum Gasteiger partial charge on any atom is -0.393 e. The number of anilines is 1. The average molecular weight is 313 g/mol. The number of hydrogen-bond acceptors (Lipinski definition) is 5. The molecule has 0 amide bonds. The number of hydrogen-bond donors (Lipinski definition) is 2. The van der Waals surface area contributed by atoms with Crippen molar-refractivity contribution in [2.24, 2.45) is 5.92 Å². The second kappa shape index (κ2) is 6.72. The Bertz CT molecular complexity index is 557. The van der Waals surface area contributed by atoms with Gasteiger partial charge in [-0.15, -0.1) is 0 Å². The number of pyridine rings is 1. The third-order valence-corrected chi connectivity index (χ3v) is 5.64. The monoisotopic (exact) mass is 313 g/mol. The first-order valence-electron chi connectivity index (χ1n) is 7.20. The Kier molecular flexibility index (Phi) is 5.18. The predicted molar refractivity (Wildman–Crippen MR) is 81.6 cm³/mol. The van der Waals surface area contributed by atoms with Crippen molar-refractivity contribution in [2.45, 2.75) is 36.7 Å². The van der Waals surface area contributed by atoms with Crippen LogP contribution in [0.1, 0.15) is 25.7 Å². The summed E-state index contributed by atoms with van der Waals surface area (Å²) in [5, 5.41) is 12.9. The Balaban J connectivity index is 1.94. The molecule has 2 rings (SSSR count). The lowest BCUT2D eigenvalue weighted by Crippen LogP contribution is -2.25. The fourth-order valence-corrected chi connectivity index (χ4v) is 3.39. The maximum Gasteiger partial charge on any atom is 0.244 e. The van der Waals surface area contributed by atoms with Crippen LogP contribution in [0.15, 0.2) is 23.2 Å². The van der Waals surface area contributed by atoms with Gasteiger partial charge in [0.1, 0.15) is 10.7 Å². The first kappa shape index (κ1) is 16.2. The van der Waals surface area contributed by atoms with Crippen molar-refractivity contribution in [3.63, 3.8) is 0 Å². The van der Waals surface area contributed by atoms with Gasteiger partial charge in [-0.2, -0.15) is 0 Å². The van der Waals surface area contributed by atoms with Gasteiger partial charge in [-0.05, 0) is 37.3 Å². The molecular formula is C14H23N3O3S. The molecule has 0 bridgehead atoms. The zero-order valence-electron chi connectivity index (χ0n) is 12.5. The zero-order valence-corrected chi connectivity index (χ0v) is 13.3. The molecular weight excluding hydrogens is 290 g/mol. The van der Waals surface area contributed by atoms with E-state index in [9.17, 15) is 13.5 Å². The van der Waals surface area contributed by atoms with Crippen molar-refractivity contribution in [1.29, 1.82) is 0 Å². The molecule has 0 radical (unpaired) electrons. The van der Waals surface area contributed by atoms with Gasteiger partial charge in [0, 0.05) is 26.8 Å². The van der Waals surface area contributed by atoms with Crippen molar-refractivity contribution in [3.05, 3.63) is 18.3 Å². The van der Waals surface area contributed by atoms with Gasteiger partial charge < -0.3 is 10.4 Å². The molecule has 1 saturated carbocycles. The van der Waals surface area contributed by atoms with Crippen LogP contribution in [0.4, 0.5) is 5.82 Å². The van der Waals surface area contributed by atoms with Gasteiger partial charge in [-0.25, -0.2) is 17.7 Å². The molecule has 0 saturated heterocycles. The maximum atomic E-state index is 11.9. The van der Waals surface area contributed by atoms with E-state index in [0.29, 0.717) is 11.7 Å². The van der Waals surface area contributed by atoms with E-state index < -0.39 is 10.0 Å². The molecule has 1 fully saturated rings. The van der Waals surface area contributed by atoms with Crippen LogP contribution >= 0.6 is 0 Å². The van der Waals surface area contributed by atoms with Crippen molar-refractivity contribution in [2.75, 3.05) is 26.0 Å². The van der Waals surface area contributed by atoms with Gasteiger partial charge >= 0.3 is 0 Å². The average Bonchev–Trinajstić information content (AvgIpc) is 2.45. The molecule has 7 heteroatoms. The number of nitrogens with zero attached hydrogens (tertiary/aromatic N) is 2. The second-order valence-corrected chi connectivity index (χ2v) is 7.89. The van der Waals surface area contributed by atoms with Crippen molar-refractivity contribution in [3.8, 4) is 0 Å². The van der Waals surface area contributed by atoms with E-state index >= 15 is 0 Å². The van der Waals surface area contributed by atoms with Crippen LogP contribution in [0.5, 0.6) is 0 Å². The van der Waals surface area contributed by atoms with E-state index in [-0.39, 0.29) is 11.0 Å². The molecule has 1 aromatic rings. The van der Waals surface area contributed by atoms with Crippen molar-refractivity contribution >= 4 is 15.8 Å². The number of aliphatic hydroxyl groups excluding tert-OH is 1. The summed E-state index contributed by atoms with van der Waals surface area (Å²) in [4.78, 5) is 4.34. The molecule has 1 aliphatic carbocycles. The first-order chi connectivity index (χ1) is 9.89. The summed E-state index contributed by atoms with van der Waals surface area (Å²) in [5.41, 5.74) is 0. The van der Waals surface area contributed by atoms with E-state index in [1.165, 1.54) is 24.6 Å². The van der Waals surface area contributed by atoms with Gasteiger partial charge in [0.05, 0.1) is 6.10 Å². The van der Waals surface area contributed by atoms with Gasteiger partial charge in [0.15, 0.2) is 0 Å². The van der Waals surface area contributed by atoms with Crippen LogP contribution in [-0.2, 0) is 10.0 Å². The molecule has 1 heterocycles. The highest BCUT2D eigenvalue weighted by Crippen LogP contribution is 2.24. The number of rotatable bonds is 5. The van der Waals surface area contributed by atoms with Gasteiger partial charge in [0.25, 0.3) is 0 Å². The maximum absolute atomic E-state index is 11.9. The van der Waals surface area contributed by atoms with Crippen LogP contribution in [0.3, 0.4) is 0 Å². The van der Waals surface area contributed by atoms with Crippen molar-refractivity contribution in [1.82, 2.24) is 9.29 Å². The third-order valence-electron chi connectivity index (χ3n) is 3.84. The van der Waals surface area contributed by atoms with Crippen LogP contribution in [0.2, 0.25) is 0 Å². The zero-order chi connectivity index (χ0) is 15.5. The molecule has 1 aromatic heterocycles. The molecule has 1 aliphatic rings. The Hall–Kier alpha value is -1.18. The lowest BCUT2D eigenvalue weighted by Gasteiger charge is -2.26. The molecule has 118 valence electrons. The molecule has 6 nitrogen and oxygen atoms in total. The Morgan fingerprint density at radius 1 is 1.38 bits per heavy atom. The number of aromatic nitrogens is 1. The summed E-state index contributed by atoms with van der Waals surface area (Å²) in [6.07, 6.45) is 5.06. The third kappa shape index (κ3) is 4.15. The Morgan fingerprint density at radius 2 is 2.14 bits per heavy atom. The van der Waals surface area contributed by atoms with E-state index in [4.69, 9.17) is 0 Å². The summed E-state index contributed by atoms with van der Waals surface area (Å²) in [6, 6.07) is 3.23. The minimum atomic E-state index is -3.43. The number of aliphatic hydroxyl groups is 1. The van der Waals surface area contributed by atoms with Crippen LogP contribution in [-0.4, -0.2) is 49.6 Å². The second-order valence-electron chi connectivity index (χ2n) is 5.73. The van der Waals surface area contributed by atoms with Crippen LogP contribution < -0.4 is 5.32 Å². The van der Waals surface area contributed by atoms with Gasteiger partial charge in [-0.1, -0.05) is 6.42 Å². The fraction of sp³-hybridized carbons (Fsp3) is 0.643. The molecule has 2 unspecified atom stereocenters. The molecule has 2 N–H and O–H groups in total. The van der Waals surface area contributed by atoms with E-state index in [1.54, 1.807) is 12.1 Å². The van der Waals surface area contributed by atoms with Crippen LogP contribution in [0.25, 0.3) is 0 Å². The molecule has 21 heavy (non-hydrogen) atoms. The van der Waals surface area contributed by atoms with Crippen molar-refractivity contribution < 1.29 is 13.5 Å². The van der Waals surface area contributed by atoms with Gasteiger partial charge in [0.2, 0.25) is 10.0 Å². The summed E-state index contributed by atoms with van der Waals surface area (Å²) in [6.45, 7) is 0.754. The number of nitrogens with one attached hydrogen (secondary N) is 1. The molecule has 0 aromatic carbocycles. The largest absolute Gasteiger partial charge is 0.393 e. The molecule has 0 spiro atoms. The first-order valence-corrected chi connectivity index (χ1v) is 8.64. The Labute approximate surface area is 126 Å². The highest BCUT2D eigenvalue weighted by Gasteiger charge is 2.20. The summed E-state index contributed by atoms with van der Waals surface area (Å²) in [5.74, 6) is 1.11. The summed E-state index contributed by atoms with van der Waals surface area (Å²) < 4.78 is 25.0. The number of sulfonamides is 1. The van der Waals surface area contributed by atoms with E-state index in [0.717, 1.165) is 32.2 Å². The van der Waals surface area contributed by atoms with Crippen LogP contribution in [0, 0.1) is 5.92 Å². The van der Waals surface area contributed by atoms with E-state index in [2.05, 4.69) is 10.3 Å². The normalized spacial score (nSPS) is 23.2. The van der Waals surface area contributed by atoms with Gasteiger partial charge in [-0.3, -0.25) is 0 Å². The SMILES string of the molecule is CN(C)S(=O)(=O)c1ccc(NCC2CCCC(O)C2)nc1. The lowest BCUT2D eigenvalue weighted by molar-refractivity contribution is 0.104. The lowest BCUT2D eigenvalue weighted by atomic mass is 9.87. The highest BCUT2D eigenvalue weighted by atomic mass is 32.2. The highest BCUT2D eigenvalue weighted by molar-refractivity contribution is 7.89. The van der Waals surface area contributed by atoms with E-state index in [1.807, 2.05) is 0 Å². The molecule has 2 atom stereocenters. The topological polar surface area (TPSA) is 82.5 Å². The quantitative estimate of drug-likeness (QED) is 0.856. The summed E-state index contributed by atoms with van der Waals surface area (Å²) in [7, 11) is -0.435. The predicted octanol–water partition coefficient (Wildman–Crippen LogP) is 1.29. The Morgan fingerprint density at radius 3 is 2.71 bits per heavy atom. The smallest absolute Gasteiger partial charge is 0.244 e. The standard InChI is InChI=1S/C14H23N3O3S/c1-17(2)21(19,20)13-6-7-14(16-10-13)15-9-11-4-3-5-12(18)8-11/h6-7,10-12,18H,3-5,8-9H2,1-2H3,(H,15,16). The molecule has 0 aliphatic heterocycles. The minimum absolute atomic E-state index is 0.186.